The van der Waals surface area contributed by atoms with Crippen LogP contribution < -0.4 is 10.6 Å². The fourth-order valence-corrected chi connectivity index (χ4v) is 3.26. The first-order chi connectivity index (χ1) is 10.0. The summed E-state index contributed by atoms with van der Waals surface area (Å²) in [7, 11) is 0. The van der Waals surface area contributed by atoms with Crippen LogP contribution in [0.2, 0.25) is 0 Å². The SMILES string of the molecule is Cc1ccc(CC(C)NCC(=O)Nc2ccc(Br)cc2)s1. The highest BCUT2D eigenvalue weighted by Crippen LogP contribution is 2.16. The molecular formula is C16H19BrN2OS. The van der Waals surface area contributed by atoms with Crippen LogP contribution in [0.1, 0.15) is 16.7 Å². The maximum atomic E-state index is 11.9. The van der Waals surface area contributed by atoms with Crippen molar-refractivity contribution in [3.63, 3.8) is 0 Å². The number of halogens is 1. The summed E-state index contributed by atoms with van der Waals surface area (Å²) in [6.45, 7) is 4.53. The van der Waals surface area contributed by atoms with Gasteiger partial charge in [-0.2, -0.15) is 0 Å². The van der Waals surface area contributed by atoms with Gasteiger partial charge in [-0.15, -0.1) is 11.3 Å². The van der Waals surface area contributed by atoms with Gasteiger partial charge in [0.15, 0.2) is 0 Å². The maximum Gasteiger partial charge on any atom is 0.238 e. The third-order valence-corrected chi connectivity index (χ3v) is 4.59. The topological polar surface area (TPSA) is 41.1 Å². The molecule has 2 N–H and O–H groups in total. The van der Waals surface area contributed by atoms with Crippen molar-refractivity contribution in [2.24, 2.45) is 0 Å². The van der Waals surface area contributed by atoms with E-state index in [0.29, 0.717) is 6.54 Å². The number of amides is 1. The molecule has 0 spiro atoms. The van der Waals surface area contributed by atoms with E-state index in [4.69, 9.17) is 0 Å². The number of thiophene rings is 1. The van der Waals surface area contributed by atoms with E-state index in [2.05, 4.69) is 52.5 Å². The molecule has 0 bridgehead atoms. The standard InChI is InChI=1S/C16H19BrN2OS/c1-11(9-15-8-3-12(2)21-15)18-10-16(20)19-14-6-4-13(17)5-7-14/h3-8,11,18H,9-10H2,1-2H3,(H,19,20). The number of rotatable bonds is 6. The van der Waals surface area contributed by atoms with Gasteiger partial charge in [0.1, 0.15) is 0 Å². The minimum atomic E-state index is -0.0217. The maximum absolute atomic E-state index is 11.9. The summed E-state index contributed by atoms with van der Waals surface area (Å²) in [5.74, 6) is -0.0217. The van der Waals surface area contributed by atoms with Gasteiger partial charge >= 0.3 is 0 Å². The molecule has 0 saturated carbocycles. The van der Waals surface area contributed by atoms with Crippen molar-refractivity contribution >= 4 is 38.9 Å². The van der Waals surface area contributed by atoms with E-state index in [1.54, 1.807) is 0 Å². The van der Waals surface area contributed by atoms with Crippen LogP contribution in [-0.2, 0) is 11.2 Å². The van der Waals surface area contributed by atoms with Gasteiger partial charge in [0.05, 0.1) is 6.54 Å². The Morgan fingerprint density at radius 1 is 1.24 bits per heavy atom. The summed E-state index contributed by atoms with van der Waals surface area (Å²) in [6, 6.07) is 12.1. The van der Waals surface area contributed by atoms with Crippen LogP contribution in [0.25, 0.3) is 0 Å². The molecule has 1 aromatic heterocycles. The molecule has 0 saturated heterocycles. The highest BCUT2D eigenvalue weighted by molar-refractivity contribution is 9.10. The highest BCUT2D eigenvalue weighted by atomic mass is 79.9. The van der Waals surface area contributed by atoms with Gasteiger partial charge in [0.25, 0.3) is 0 Å². The Balaban J connectivity index is 1.74. The summed E-state index contributed by atoms with van der Waals surface area (Å²) in [5, 5.41) is 6.13. The van der Waals surface area contributed by atoms with Crippen molar-refractivity contribution in [2.75, 3.05) is 11.9 Å². The van der Waals surface area contributed by atoms with Crippen LogP contribution in [0.3, 0.4) is 0 Å². The van der Waals surface area contributed by atoms with Crippen LogP contribution in [0.4, 0.5) is 5.69 Å². The summed E-state index contributed by atoms with van der Waals surface area (Å²) >= 11 is 5.18. The van der Waals surface area contributed by atoms with E-state index < -0.39 is 0 Å². The van der Waals surface area contributed by atoms with Crippen molar-refractivity contribution in [3.8, 4) is 0 Å². The number of aryl methyl sites for hydroxylation is 1. The molecule has 21 heavy (non-hydrogen) atoms. The van der Waals surface area contributed by atoms with Gasteiger partial charge in [0, 0.05) is 26.0 Å². The molecule has 0 fully saturated rings. The molecule has 0 radical (unpaired) electrons. The van der Waals surface area contributed by atoms with Gasteiger partial charge in [0.2, 0.25) is 5.91 Å². The quantitative estimate of drug-likeness (QED) is 0.811. The Labute approximate surface area is 137 Å². The molecule has 2 aromatic rings. The van der Waals surface area contributed by atoms with Gasteiger partial charge in [-0.05, 0) is 56.7 Å². The Bertz CT molecular complexity index is 595. The summed E-state index contributed by atoms with van der Waals surface area (Å²) < 4.78 is 0.999. The second-order valence-corrected chi connectivity index (χ2v) is 7.34. The van der Waals surface area contributed by atoms with Crippen LogP contribution in [-0.4, -0.2) is 18.5 Å². The number of carbonyl (C=O) groups is 1. The van der Waals surface area contributed by atoms with Gasteiger partial charge in [-0.25, -0.2) is 0 Å². The van der Waals surface area contributed by atoms with Crippen molar-refractivity contribution < 1.29 is 4.79 Å². The normalized spacial score (nSPS) is 12.1. The zero-order chi connectivity index (χ0) is 15.2. The summed E-state index contributed by atoms with van der Waals surface area (Å²) in [4.78, 5) is 14.5. The molecule has 0 aliphatic heterocycles. The number of hydrogen-bond donors (Lipinski definition) is 2. The van der Waals surface area contributed by atoms with Crippen molar-refractivity contribution in [3.05, 3.63) is 50.6 Å². The second kappa shape index (κ2) is 7.73. The lowest BCUT2D eigenvalue weighted by atomic mass is 10.2. The average Bonchev–Trinajstić information content (AvgIpc) is 2.84. The predicted octanol–water partition coefficient (Wildman–Crippen LogP) is 3.98. The molecule has 1 atom stereocenters. The first-order valence-corrected chi connectivity index (χ1v) is 8.48. The van der Waals surface area contributed by atoms with E-state index in [-0.39, 0.29) is 11.9 Å². The smallest absolute Gasteiger partial charge is 0.238 e. The zero-order valence-corrected chi connectivity index (χ0v) is 14.6. The van der Waals surface area contributed by atoms with Crippen molar-refractivity contribution in [2.45, 2.75) is 26.3 Å². The number of hydrogen-bond acceptors (Lipinski definition) is 3. The Morgan fingerprint density at radius 3 is 2.57 bits per heavy atom. The predicted molar refractivity (Wildman–Crippen MR) is 93.0 cm³/mol. The van der Waals surface area contributed by atoms with Crippen LogP contribution >= 0.6 is 27.3 Å². The first-order valence-electron chi connectivity index (χ1n) is 6.87. The monoisotopic (exact) mass is 366 g/mol. The lowest BCUT2D eigenvalue weighted by Gasteiger charge is -2.13. The minimum Gasteiger partial charge on any atom is -0.325 e. The summed E-state index contributed by atoms with van der Waals surface area (Å²) in [5.41, 5.74) is 0.812. The van der Waals surface area contributed by atoms with Gasteiger partial charge < -0.3 is 10.6 Å². The van der Waals surface area contributed by atoms with E-state index in [0.717, 1.165) is 16.6 Å². The lowest BCUT2D eigenvalue weighted by Crippen LogP contribution is -2.35. The molecule has 112 valence electrons. The highest BCUT2D eigenvalue weighted by Gasteiger charge is 2.08. The molecule has 1 aromatic carbocycles. The molecule has 0 aliphatic rings. The van der Waals surface area contributed by atoms with E-state index in [1.807, 2.05) is 35.6 Å². The summed E-state index contributed by atoms with van der Waals surface area (Å²) in [6.07, 6.45) is 0.948. The second-order valence-electron chi connectivity index (χ2n) is 5.05. The van der Waals surface area contributed by atoms with Gasteiger partial charge in [-0.1, -0.05) is 15.9 Å². The molecule has 2 rings (SSSR count). The van der Waals surface area contributed by atoms with Gasteiger partial charge in [-0.3, -0.25) is 4.79 Å². The molecule has 3 nitrogen and oxygen atoms in total. The Morgan fingerprint density at radius 2 is 1.95 bits per heavy atom. The van der Waals surface area contributed by atoms with E-state index in [9.17, 15) is 4.79 Å². The first kappa shape index (κ1) is 16.2. The Kier molecular flexibility index (Phi) is 5.96. The van der Waals surface area contributed by atoms with Crippen LogP contribution in [0.15, 0.2) is 40.9 Å². The zero-order valence-electron chi connectivity index (χ0n) is 12.2. The van der Waals surface area contributed by atoms with E-state index >= 15 is 0 Å². The molecule has 1 amide bonds. The molecule has 0 aliphatic carbocycles. The number of nitrogens with one attached hydrogen (secondary N) is 2. The van der Waals surface area contributed by atoms with Crippen molar-refractivity contribution in [1.29, 1.82) is 0 Å². The fourth-order valence-electron chi connectivity index (χ4n) is 1.97. The molecule has 1 unspecified atom stereocenters. The number of anilines is 1. The van der Waals surface area contributed by atoms with Crippen LogP contribution in [0, 0.1) is 6.92 Å². The minimum absolute atomic E-state index is 0.0217. The average molecular weight is 367 g/mol. The third-order valence-electron chi connectivity index (χ3n) is 3.04. The molecule has 1 heterocycles. The Hall–Kier alpha value is -1.17. The van der Waals surface area contributed by atoms with E-state index in [1.165, 1.54) is 9.75 Å². The lowest BCUT2D eigenvalue weighted by molar-refractivity contribution is -0.115. The molecule has 5 heteroatoms. The third kappa shape index (κ3) is 5.61. The van der Waals surface area contributed by atoms with Crippen LogP contribution in [0.5, 0.6) is 0 Å². The molecular weight excluding hydrogens is 348 g/mol. The largest absolute Gasteiger partial charge is 0.325 e. The number of benzene rings is 1. The fraction of sp³-hybridized carbons (Fsp3) is 0.312. The number of carbonyl (C=O) groups excluding carboxylic acids is 1. The van der Waals surface area contributed by atoms with Crippen molar-refractivity contribution in [1.82, 2.24) is 5.32 Å².